The van der Waals surface area contributed by atoms with Crippen molar-refractivity contribution in [3.63, 3.8) is 0 Å². The van der Waals surface area contributed by atoms with E-state index in [9.17, 15) is 0 Å². The van der Waals surface area contributed by atoms with Gasteiger partial charge < -0.3 is 10.6 Å². The summed E-state index contributed by atoms with van der Waals surface area (Å²) in [4.78, 5) is 7.55. The number of rotatable bonds is 3. The third kappa shape index (κ3) is 2.69. The Bertz CT molecular complexity index is 189. The van der Waals surface area contributed by atoms with Crippen LogP contribution in [0.1, 0.15) is 13.3 Å². The Labute approximate surface area is 93.0 Å². The van der Waals surface area contributed by atoms with E-state index in [2.05, 4.69) is 21.6 Å². The summed E-state index contributed by atoms with van der Waals surface area (Å²) in [6.07, 6.45) is 1.36. The van der Waals surface area contributed by atoms with Gasteiger partial charge in [0.2, 0.25) is 0 Å². The number of hydrogen-bond donors (Lipinski definition) is 1. The summed E-state index contributed by atoms with van der Waals surface area (Å²) in [5.41, 5.74) is 5.64. The van der Waals surface area contributed by atoms with Gasteiger partial charge in [0.05, 0.1) is 0 Å². The van der Waals surface area contributed by atoms with Crippen LogP contribution < -0.4 is 5.73 Å². The molecular weight excluding hydrogens is 188 g/mol. The molecule has 2 saturated heterocycles. The summed E-state index contributed by atoms with van der Waals surface area (Å²) in [5.74, 6) is 0. The molecule has 0 aromatic heterocycles. The van der Waals surface area contributed by atoms with Gasteiger partial charge in [0.25, 0.3) is 0 Å². The largest absolute Gasteiger partial charge is 0.318 e. The van der Waals surface area contributed by atoms with Crippen molar-refractivity contribution >= 4 is 0 Å². The second kappa shape index (κ2) is 5.25. The fraction of sp³-hybridized carbons (Fsp3) is 1.00. The molecule has 0 aromatic carbocycles. The highest BCUT2D eigenvalue weighted by Gasteiger charge is 2.28. The molecule has 0 aliphatic carbocycles. The van der Waals surface area contributed by atoms with Gasteiger partial charge in [-0.15, -0.1) is 0 Å². The molecule has 4 nitrogen and oxygen atoms in total. The first-order valence-electron chi connectivity index (χ1n) is 6.22. The third-order valence-corrected chi connectivity index (χ3v) is 3.88. The van der Waals surface area contributed by atoms with Gasteiger partial charge in [-0.2, -0.15) is 0 Å². The zero-order chi connectivity index (χ0) is 10.7. The topological polar surface area (TPSA) is 35.7 Å². The summed E-state index contributed by atoms with van der Waals surface area (Å²) >= 11 is 0. The molecule has 0 aromatic rings. The van der Waals surface area contributed by atoms with Crippen LogP contribution in [0.25, 0.3) is 0 Å². The van der Waals surface area contributed by atoms with Crippen LogP contribution in [0.15, 0.2) is 0 Å². The van der Waals surface area contributed by atoms with Crippen molar-refractivity contribution in [3.05, 3.63) is 0 Å². The number of likely N-dealkylation sites (tertiary alicyclic amines) is 1. The summed E-state index contributed by atoms with van der Waals surface area (Å²) < 4.78 is 0. The molecule has 2 heterocycles. The molecule has 1 atom stereocenters. The molecule has 15 heavy (non-hydrogen) atoms. The van der Waals surface area contributed by atoms with Crippen LogP contribution in [0.3, 0.4) is 0 Å². The fourth-order valence-corrected chi connectivity index (χ4v) is 2.71. The summed E-state index contributed by atoms with van der Waals surface area (Å²) in [6.45, 7) is 11.5. The van der Waals surface area contributed by atoms with Crippen LogP contribution in [-0.2, 0) is 0 Å². The van der Waals surface area contributed by atoms with Crippen LogP contribution >= 0.6 is 0 Å². The maximum atomic E-state index is 5.64. The Morgan fingerprint density at radius 1 is 1.07 bits per heavy atom. The maximum absolute atomic E-state index is 5.64. The second-order valence-electron chi connectivity index (χ2n) is 4.67. The molecule has 2 N–H and O–H groups in total. The Morgan fingerprint density at radius 3 is 2.33 bits per heavy atom. The normalized spacial score (nSPS) is 31.2. The number of nitrogens with zero attached hydrogens (tertiary/aromatic N) is 3. The van der Waals surface area contributed by atoms with E-state index in [1.54, 1.807) is 0 Å². The van der Waals surface area contributed by atoms with E-state index in [0.717, 1.165) is 25.8 Å². The van der Waals surface area contributed by atoms with E-state index in [1.807, 2.05) is 0 Å². The van der Waals surface area contributed by atoms with Crippen LogP contribution in [0, 0.1) is 0 Å². The Morgan fingerprint density at radius 2 is 1.80 bits per heavy atom. The van der Waals surface area contributed by atoms with Gasteiger partial charge in [0.1, 0.15) is 0 Å². The predicted molar refractivity (Wildman–Crippen MR) is 62.7 cm³/mol. The number of piperazine rings is 1. The van der Waals surface area contributed by atoms with Gasteiger partial charge >= 0.3 is 0 Å². The summed E-state index contributed by atoms with van der Waals surface area (Å²) in [6, 6.07) is 0.810. The van der Waals surface area contributed by atoms with E-state index < -0.39 is 0 Å². The van der Waals surface area contributed by atoms with Gasteiger partial charge in [-0.25, -0.2) is 0 Å². The molecule has 1 unspecified atom stereocenters. The van der Waals surface area contributed by atoms with E-state index in [0.29, 0.717) is 0 Å². The number of likely N-dealkylation sites (N-methyl/N-ethyl adjacent to an activating group) is 1. The van der Waals surface area contributed by atoms with Crippen molar-refractivity contribution in [3.8, 4) is 0 Å². The first-order chi connectivity index (χ1) is 7.33. The zero-order valence-electron chi connectivity index (χ0n) is 9.86. The minimum atomic E-state index is 0.722. The number of hydrogen-bond acceptors (Lipinski definition) is 4. The minimum Gasteiger partial charge on any atom is -0.318 e. The lowest BCUT2D eigenvalue weighted by molar-refractivity contribution is 0.0996. The van der Waals surface area contributed by atoms with Gasteiger partial charge in [0.15, 0.2) is 0 Å². The predicted octanol–water partition coefficient (Wildman–Crippen LogP) is -0.386. The molecule has 2 fully saturated rings. The third-order valence-electron chi connectivity index (χ3n) is 3.88. The summed E-state index contributed by atoms with van der Waals surface area (Å²) in [7, 11) is 0. The van der Waals surface area contributed by atoms with Crippen molar-refractivity contribution < 1.29 is 0 Å². The smallest absolute Gasteiger partial charge is 0.0456 e. The average Bonchev–Trinajstić information content (AvgIpc) is 2.78. The SMILES string of the molecule is CCN1CCC(N2CCN(CN)CC2)C1. The van der Waals surface area contributed by atoms with Crippen molar-refractivity contribution in [1.82, 2.24) is 14.7 Å². The van der Waals surface area contributed by atoms with Crippen molar-refractivity contribution in [2.75, 3.05) is 52.5 Å². The Hall–Kier alpha value is -0.160. The van der Waals surface area contributed by atoms with Crippen LogP contribution in [-0.4, -0.2) is 73.2 Å². The average molecular weight is 212 g/mol. The lowest BCUT2D eigenvalue weighted by Gasteiger charge is -2.37. The first-order valence-corrected chi connectivity index (χ1v) is 6.22. The highest BCUT2D eigenvalue weighted by Crippen LogP contribution is 2.16. The molecule has 4 heteroatoms. The molecule has 2 rings (SSSR count). The number of nitrogens with two attached hydrogens (primary N) is 1. The Kier molecular flexibility index (Phi) is 3.97. The van der Waals surface area contributed by atoms with Crippen LogP contribution in [0.2, 0.25) is 0 Å². The van der Waals surface area contributed by atoms with Crippen LogP contribution in [0.4, 0.5) is 0 Å². The van der Waals surface area contributed by atoms with Crippen LogP contribution in [0.5, 0.6) is 0 Å². The standard InChI is InChI=1S/C11H24N4/c1-2-13-4-3-11(9-13)15-7-5-14(10-12)6-8-15/h11H,2-10,12H2,1H3. The second-order valence-corrected chi connectivity index (χ2v) is 4.67. The Balaban J connectivity index is 1.76. The maximum Gasteiger partial charge on any atom is 0.0456 e. The first kappa shape index (κ1) is 11.3. The van der Waals surface area contributed by atoms with E-state index >= 15 is 0 Å². The monoisotopic (exact) mass is 212 g/mol. The molecule has 0 spiro atoms. The molecule has 88 valence electrons. The van der Waals surface area contributed by atoms with Crippen molar-refractivity contribution in [1.29, 1.82) is 0 Å². The van der Waals surface area contributed by atoms with Gasteiger partial charge in [-0.3, -0.25) is 9.80 Å². The fourth-order valence-electron chi connectivity index (χ4n) is 2.71. The lowest BCUT2D eigenvalue weighted by Crippen LogP contribution is -2.52. The molecule has 0 radical (unpaired) electrons. The molecule has 0 amide bonds. The van der Waals surface area contributed by atoms with E-state index in [-0.39, 0.29) is 0 Å². The summed E-state index contributed by atoms with van der Waals surface area (Å²) in [5, 5.41) is 0. The molecular formula is C11H24N4. The van der Waals surface area contributed by atoms with Crippen molar-refractivity contribution in [2.24, 2.45) is 5.73 Å². The zero-order valence-corrected chi connectivity index (χ0v) is 9.86. The van der Waals surface area contributed by atoms with Gasteiger partial charge in [-0.1, -0.05) is 6.92 Å². The van der Waals surface area contributed by atoms with E-state index in [4.69, 9.17) is 5.73 Å². The van der Waals surface area contributed by atoms with Crippen molar-refractivity contribution in [2.45, 2.75) is 19.4 Å². The quantitative estimate of drug-likeness (QED) is 0.691. The molecule has 2 aliphatic rings. The highest BCUT2D eigenvalue weighted by atomic mass is 15.3. The highest BCUT2D eigenvalue weighted by molar-refractivity contribution is 4.85. The van der Waals surface area contributed by atoms with E-state index in [1.165, 1.54) is 39.1 Å². The van der Waals surface area contributed by atoms with Gasteiger partial charge in [-0.05, 0) is 19.5 Å². The molecule has 2 aliphatic heterocycles. The van der Waals surface area contributed by atoms with Gasteiger partial charge in [0, 0.05) is 45.4 Å². The minimum absolute atomic E-state index is 0.722. The molecule has 0 saturated carbocycles. The lowest BCUT2D eigenvalue weighted by atomic mass is 10.2. The molecule has 0 bridgehead atoms.